The Morgan fingerprint density at radius 1 is 1.07 bits per heavy atom. The van der Waals surface area contributed by atoms with Crippen molar-refractivity contribution in [2.45, 2.75) is 20.0 Å². The Labute approximate surface area is 175 Å². The van der Waals surface area contributed by atoms with Gasteiger partial charge in [0.05, 0.1) is 37.5 Å². The van der Waals surface area contributed by atoms with E-state index < -0.39 is 0 Å². The molecule has 0 spiro atoms. The van der Waals surface area contributed by atoms with Gasteiger partial charge in [0, 0.05) is 13.6 Å². The third-order valence-electron chi connectivity index (χ3n) is 4.82. The third-order valence-corrected chi connectivity index (χ3v) is 5.85. The molecule has 2 aromatic carbocycles. The summed E-state index contributed by atoms with van der Waals surface area (Å²) in [5.74, 6) is 1.47. The Balaban J connectivity index is 1.61. The van der Waals surface area contributed by atoms with E-state index in [4.69, 9.17) is 9.47 Å². The van der Waals surface area contributed by atoms with E-state index in [9.17, 15) is 4.79 Å². The molecule has 1 amide bonds. The highest BCUT2D eigenvalue weighted by Gasteiger charge is 2.16. The Kier molecular flexibility index (Phi) is 6.71. The van der Waals surface area contributed by atoms with Crippen molar-refractivity contribution in [1.29, 1.82) is 0 Å². The summed E-state index contributed by atoms with van der Waals surface area (Å²) in [4.78, 5) is 21.0. The van der Waals surface area contributed by atoms with Crippen LogP contribution in [0.5, 0.6) is 11.5 Å². The molecule has 29 heavy (non-hydrogen) atoms. The minimum Gasteiger partial charge on any atom is -0.493 e. The van der Waals surface area contributed by atoms with Gasteiger partial charge in [0.15, 0.2) is 11.5 Å². The Morgan fingerprint density at radius 3 is 2.45 bits per heavy atom. The Hall–Kier alpha value is -2.64. The van der Waals surface area contributed by atoms with Crippen molar-refractivity contribution in [3.63, 3.8) is 0 Å². The van der Waals surface area contributed by atoms with Gasteiger partial charge in [-0.2, -0.15) is 0 Å². The molecule has 6 nitrogen and oxygen atoms in total. The van der Waals surface area contributed by atoms with Crippen molar-refractivity contribution in [3.05, 3.63) is 52.5 Å². The molecule has 0 N–H and O–H groups in total. The predicted octanol–water partition coefficient (Wildman–Crippen LogP) is 3.71. The molecule has 0 unspecified atom stereocenters. The number of hydrogen-bond acceptors (Lipinski definition) is 6. The van der Waals surface area contributed by atoms with Gasteiger partial charge >= 0.3 is 0 Å². The van der Waals surface area contributed by atoms with Crippen molar-refractivity contribution < 1.29 is 14.3 Å². The number of amides is 1. The number of para-hydroxylation sites is 1. The maximum Gasteiger partial charge on any atom is 0.236 e. The van der Waals surface area contributed by atoms with Gasteiger partial charge in [-0.05, 0) is 49.4 Å². The molecule has 0 aliphatic heterocycles. The van der Waals surface area contributed by atoms with Crippen LogP contribution >= 0.6 is 11.3 Å². The number of benzene rings is 2. The summed E-state index contributed by atoms with van der Waals surface area (Å²) in [6.07, 6.45) is 0. The van der Waals surface area contributed by atoms with Gasteiger partial charge in [-0.3, -0.25) is 9.69 Å². The van der Waals surface area contributed by atoms with Crippen molar-refractivity contribution in [2.75, 3.05) is 34.9 Å². The zero-order valence-corrected chi connectivity index (χ0v) is 18.4. The summed E-state index contributed by atoms with van der Waals surface area (Å²) in [7, 11) is 7.02. The van der Waals surface area contributed by atoms with Crippen LogP contribution in [0.15, 0.2) is 36.4 Å². The molecule has 0 saturated carbocycles. The first-order valence-electron chi connectivity index (χ1n) is 9.39. The van der Waals surface area contributed by atoms with Gasteiger partial charge in [0.2, 0.25) is 5.91 Å². The minimum absolute atomic E-state index is 0.0601. The molecular weight excluding hydrogens is 386 g/mol. The van der Waals surface area contributed by atoms with E-state index in [2.05, 4.69) is 11.1 Å². The minimum atomic E-state index is 0.0601. The number of fused-ring (bicyclic) bond motifs is 1. The van der Waals surface area contributed by atoms with E-state index in [1.54, 1.807) is 30.5 Å². The molecular formula is C22H27N3O3S. The fourth-order valence-electron chi connectivity index (χ4n) is 3.17. The molecule has 1 heterocycles. The van der Waals surface area contributed by atoms with Crippen molar-refractivity contribution in [1.82, 2.24) is 14.8 Å². The fraction of sp³-hybridized carbons (Fsp3) is 0.364. The maximum absolute atomic E-state index is 12.7. The molecule has 7 heteroatoms. The van der Waals surface area contributed by atoms with E-state index in [-0.39, 0.29) is 5.91 Å². The summed E-state index contributed by atoms with van der Waals surface area (Å²) in [5, 5.41) is 0.945. The number of methoxy groups -OCH3 is 2. The van der Waals surface area contributed by atoms with E-state index in [1.807, 2.05) is 56.3 Å². The lowest BCUT2D eigenvalue weighted by Crippen LogP contribution is -2.36. The second-order valence-electron chi connectivity index (χ2n) is 7.13. The van der Waals surface area contributed by atoms with Crippen LogP contribution in [0.3, 0.4) is 0 Å². The molecule has 0 aliphatic carbocycles. The molecule has 0 aliphatic rings. The first kappa shape index (κ1) is 21.1. The van der Waals surface area contributed by atoms with Crippen molar-refractivity contribution >= 4 is 27.5 Å². The van der Waals surface area contributed by atoms with Crippen LogP contribution in [0.2, 0.25) is 0 Å². The molecule has 0 radical (unpaired) electrons. The normalized spacial score (nSPS) is 11.1. The number of likely N-dealkylation sites (N-methyl/N-ethyl adjacent to an activating group) is 2. The lowest BCUT2D eigenvalue weighted by atomic mass is 10.1. The highest BCUT2D eigenvalue weighted by molar-refractivity contribution is 7.18. The first-order chi connectivity index (χ1) is 13.9. The Morgan fingerprint density at radius 2 is 1.76 bits per heavy atom. The lowest BCUT2D eigenvalue weighted by molar-refractivity contribution is -0.131. The highest BCUT2D eigenvalue weighted by Crippen LogP contribution is 2.30. The predicted molar refractivity (Wildman–Crippen MR) is 117 cm³/mol. The Bertz CT molecular complexity index is 969. The number of thiazole rings is 1. The van der Waals surface area contributed by atoms with Gasteiger partial charge < -0.3 is 14.4 Å². The van der Waals surface area contributed by atoms with Crippen LogP contribution < -0.4 is 9.47 Å². The number of aromatic nitrogens is 1. The van der Waals surface area contributed by atoms with Gasteiger partial charge in [-0.25, -0.2) is 4.98 Å². The molecule has 3 aromatic rings. The van der Waals surface area contributed by atoms with Crippen LogP contribution in [0.1, 0.15) is 16.1 Å². The molecule has 0 bridgehead atoms. The van der Waals surface area contributed by atoms with E-state index >= 15 is 0 Å². The van der Waals surface area contributed by atoms with Crippen molar-refractivity contribution in [3.8, 4) is 11.5 Å². The molecule has 154 valence electrons. The summed E-state index contributed by atoms with van der Waals surface area (Å²) < 4.78 is 11.9. The van der Waals surface area contributed by atoms with Gasteiger partial charge in [0.25, 0.3) is 0 Å². The number of ether oxygens (including phenoxy) is 2. The largest absolute Gasteiger partial charge is 0.493 e. The lowest BCUT2D eigenvalue weighted by Gasteiger charge is -2.22. The average molecular weight is 414 g/mol. The molecule has 3 rings (SSSR count). The zero-order chi connectivity index (χ0) is 21.0. The monoisotopic (exact) mass is 413 g/mol. The summed E-state index contributed by atoms with van der Waals surface area (Å²) in [6, 6.07) is 12.0. The standard InChI is InChI=1S/C22H27N3O3S/c1-15-10-18(27-4)19(28-5)11-16(15)12-24(2)14-22(26)25(3)13-21-23-17-8-6-7-9-20(17)29-21/h6-11H,12-14H2,1-5H3. The number of carbonyl (C=O) groups excluding carboxylic acids is 1. The third kappa shape index (κ3) is 5.05. The molecule has 0 fully saturated rings. The second kappa shape index (κ2) is 9.24. The topological polar surface area (TPSA) is 54.9 Å². The molecule has 0 atom stereocenters. The quantitative estimate of drug-likeness (QED) is 0.563. The molecule has 0 saturated heterocycles. The number of hydrogen-bond donors (Lipinski definition) is 0. The SMILES string of the molecule is COc1cc(C)c(CN(C)CC(=O)N(C)Cc2nc3ccccc3s2)cc1OC. The van der Waals surface area contributed by atoms with Gasteiger partial charge in [-0.1, -0.05) is 12.1 Å². The van der Waals surface area contributed by atoms with Crippen LogP contribution in [0.4, 0.5) is 0 Å². The fourth-order valence-corrected chi connectivity index (χ4v) is 4.19. The van der Waals surface area contributed by atoms with Crippen LogP contribution in [-0.2, 0) is 17.9 Å². The summed E-state index contributed by atoms with van der Waals surface area (Å²) >= 11 is 1.63. The van der Waals surface area contributed by atoms with Crippen LogP contribution in [0.25, 0.3) is 10.2 Å². The van der Waals surface area contributed by atoms with E-state index in [1.165, 1.54) is 0 Å². The maximum atomic E-state index is 12.7. The second-order valence-corrected chi connectivity index (χ2v) is 8.25. The zero-order valence-electron chi connectivity index (χ0n) is 17.6. The van der Waals surface area contributed by atoms with Crippen molar-refractivity contribution in [2.24, 2.45) is 0 Å². The number of aryl methyl sites for hydroxylation is 1. The molecule has 1 aromatic heterocycles. The smallest absolute Gasteiger partial charge is 0.236 e. The summed E-state index contributed by atoms with van der Waals surface area (Å²) in [6.45, 7) is 3.52. The number of rotatable bonds is 8. The van der Waals surface area contributed by atoms with E-state index in [0.29, 0.717) is 31.1 Å². The van der Waals surface area contributed by atoms with Crippen LogP contribution in [0, 0.1) is 6.92 Å². The van der Waals surface area contributed by atoms with Gasteiger partial charge in [-0.15, -0.1) is 11.3 Å². The highest BCUT2D eigenvalue weighted by atomic mass is 32.1. The summed E-state index contributed by atoms with van der Waals surface area (Å²) in [5.41, 5.74) is 3.19. The van der Waals surface area contributed by atoms with Gasteiger partial charge in [0.1, 0.15) is 5.01 Å². The average Bonchev–Trinajstić information content (AvgIpc) is 3.11. The van der Waals surface area contributed by atoms with E-state index in [0.717, 1.165) is 26.4 Å². The number of carbonyl (C=O) groups is 1. The number of nitrogens with zero attached hydrogens (tertiary/aromatic N) is 3. The van der Waals surface area contributed by atoms with Crippen LogP contribution in [-0.4, -0.2) is 55.6 Å². The first-order valence-corrected chi connectivity index (χ1v) is 10.2.